The average Bonchev–Trinajstić information content (AvgIpc) is 3.39. The second kappa shape index (κ2) is 12.0. The first-order valence-corrected chi connectivity index (χ1v) is 14.7. The molecule has 0 saturated carbocycles. The van der Waals surface area contributed by atoms with E-state index in [0.29, 0.717) is 0 Å². The Hall–Kier alpha value is -2.58. The number of phosphoric ester groups is 2. The van der Waals surface area contributed by atoms with Crippen LogP contribution in [-0.2, 0) is 32.2 Å². The quantitative estimate of drug-likeness (QED) is 0.128. The normalized spacial score (nSPS) is 30.0. The zero-order chi connectivity index (χ0) is 30.3. The summed E-state index contributed by atoms with van der Waals surface area (Å²) < 4.78 is 51.5. The van der Waals surface area contributed by atoms with Gasteiger partial charge in [-0.05, 0) is 6.92 Å². The number of aryl methyl sites for hydroxylation is 1. The molecule has 0 radical (unpaired) electrons. The maximum absolute atomic E-state index is 12.8. The highest BCUT2D eigenvalue weighted by atomic mass is 31.2. The van der Waals surface area contributed by atoms with Crippen LogP contribution < -0.4 is 22.5 Å². The van der Waals surface area contributed by atoms with Gasteiger partial charge >= 0.3 is 27.0 Å². The van der Waals surface area contributed by atoms with Gasteiger partial charge in [0.1, 0.15) is 36.7 Å². The van der Waals surface area contributed by atoms with Gasteiger partial charge in [0.25, 0.3) is 11.1 Å². The highest BCUT2D eigenvalue weighted by molar-refractivity contribution is 7.47. The molecule has 2 fully saturated rings. The number of ether oxygens (including phenoxy) is 2. The van der Waals surface area contributed by atoms with Gasteiger partial charge in [-0.2, -0.15) is 0 Å². The van der Waals surface area contributed by atoms with Crippen molar-refractivity contribution in [2.24, 2.45) is 0 Å². The number of rotatable bonds is 10. The number of aromatic amines is 2. The molecule has 2 aromatic heterocycles. The van der Waals surface area contributed by atoms with Crippen molar-refractivity contribution in [3.8, 4) is 0 Å². The zero-order valence-corrected chi connectivity index (χ0v) is 22.7. The van der Waals surface area contributed by atoms with Crippen LogP contribution in [0.2, 0.25) is 0 Å². The largest absolute Gasteiger partial charge is 0.472 e. The van der Waals surface area contributed by atoms with Gasteiger partial charge < -0.3 is 34.4 Å². The molecule has 8 atom stereocenters. The topological polar surface area (TPSA) is 291 Å². The molecule has 0 amide bonds. The van der Waals surface area contributed by atoms with Crippen molar-refractivity contribution in [2.45, 2.75) is 56.3 Å². The molecule has 0 bridgehead atoms. The Balaban J connectivity index is 1.49. The lowest BCUT2D eigenvalue weighted by Crippen LogP contribution is -2.38. The molecular weight excluding hydrogens is 602 g/mol. The first kappa shape index (κ1) is 31.4. The predicted octanol–water partition coefficient (Wildman–Crippen LogP) is -3.09. The van der Waals surface area contributed by atoms with E-state index in [4.69, 9.17) is 23.0 Å². The summed E-state index contributed by atoms with van der Waals surface area (Å²) in [6.45, 7) is -0.330. The van der Waals surface area contributed by atoms with Gasteiger partial charge in [-0.15, -0.1) is 0 Å². The fourth-order valence-corrected chi connectivity index (χ4v) is 5.85. The van der Waals surface area contributed by atoms with Crippen LogP contribution in [0.5, 0.6) is 0 Å². The first-order valence-electron chi connectivity index (χ1n) is 11.7. The van der Waals surface area contributed by atoms with Crippen molar-refractivity contribution in [2.75, 3.05) is 13.2 Å². The Morgan fingerprint density at radius 3 is 2.34 bits per heavy atom. The Bertz CT molecular complexity index is 1590. The maximum Gasteiger partial charge on any atom is 0.472 e. The number of nitrogens with zero attached hydrogens (tertiary/aromatic N) is 2. The van der Waals surface area contributed by atoms with Crippen molar-refractivity contribution >= 4 is 15.6 Å². The first-order chi connectivity index (χ1) is 19.1. The number of nitrogens with one attached hydrogen (secondary N) is 2. The number of aromatic nitrogens is 4. The number of hydrogen-bond acceptors (Lipinski definition) is 13. The SMILES string of the molecule is Cc1cn([C@H]2C[C@H](OP(=O)(O)O)[C@@H](COP(=O)(O)O[C@H]3[C@@H](O)[C@H](n4ccc(=O)[nH]c4=O)O[C@@H]3CO)O2)c(=O)[nH]c1=O. The van der Waals surface area contributed by atoms with Gasteiger partial charge in [0.05, 0.1) is 13.2 Å². The molecule has 20 nitrogen and oxygen atoms in total. The number of H-pyrrole nitrogens is 2. The molecular formula is C19H26N4O16P2. The number of aliphatic hydroxyl groups is 2. The van der Waals surface area contributed by atoms with E-state index in [1.54, 1.807) is 0 Å². The minimum Gasteiger partial charge on any atom is -0.394 e. The summed E-state index contributed by atoms with van der Waals surface area (Å²) in [5, 5.41) is 20.3. The third-order valence-corrected chi connectivity index (χ3v) is 7.71. The van der Waals surface area contributed by atoms with Gasteiger partial charge in [0.15, 0.2) is 6.23 Å². The number of hydrogen-bond donors (Lipinski definition) is 7. The molecule has 7 N–H and O–H groups in total. The number of phosphoric acid groups is 2. The molecule has 2 aliphatic rings. The van der Waals surface area contributed by atoms with Crippen LogP contribution in [0.15, 0.2) is 37.6 Å². The highest BCUT2D eigenvalue weighted by Crippen LogP contribution is 2.50. The zero-order valence-electron chi connectivity index (χ0n) is 20.9. The van der Waals surface area contributed by atoms with E-state index in [-0.39, 0.29) is 12.0 Å². The van der Waals surface area contributed by atoms with Crippen LogP contribution in [0, 0.1) is 6.92 Å². The van der Waals surface area contributed by atoms with Gasteiger partial charge in [0.2, 0.25) is 0 Å². The van der Waals surface area contributed by atoms with Gasteiger partial charge in [-0.3, -0.25) is 42.3 Å². The Morgan fingerprint density at radius 2 is 1.71 bits per heavy atom. The fourth-order valence-electron chi connectivity index (χ4n) is 4.31. The Kier molecular flexibility index (Phi) is 9.15. The molecule has 22 heteroatoms. The summed E-state index contributed by atoms with van der Waals surface area (Å²) >= 11 is 0. The van der Waals surface area contributed by atoms with Crippen LogP contribution >= 0.6 is 15.6 Å². The second-order valence-corrected chi connectivity index (χ2v) is 11.7. The van der Waals surface area contributed by atoms with Gasteiger partial charge in [0, 0.05) is 30.4 Å². The van der Waals surface area contributed by atoms with Crippen LogP contribution in [0.4, 0.5) is 0 Å². The molecule has 0 spiro atoms. The van der Waals surface area contributed by atoms with E-state index >= 15 is 0 Å². The minimum atomic E-state index is -5.16. The van der Waals surface area contributed by atoms with E-state index in [2.05, 4.69) is 0 Å². The maximum atomic E-state index is 12.8. The molecule has 228 valence electrons. The van der Waals surface area contributed by atoms with E-state index in [9.17, 15) is 53.2 Å². The summed E-state index contributed by atoms with van der Waals surface area (Å²) in [5.41, 5.74) is -3.18. The predicted molar refractivity (Wildman–Crippen MR) is 130 cm³/mol. The average molecular weight is 628 g/mol. The van der Waals surface area contributed by atoms with Gasteiger partial charge in [-0.1, -0.05) is 0 Å². The molecule has 4 heterocycles. The third-order valence-electron chi connectivity index (χ3n) is 6.18. The Morgan fingerprint density at radius 1 is 1.02 bits per heavy atom. The molecule has 0 aliphatic carbocycles. The van der Waals surface area contributed by atoms with Crippen LogP contribution in [-0.4, -0.2) is 87.7 Å². The van der Waals surface area contributed by atoms with Crippen molar-refractivity contribution in [1.82, 2.24) is 19.1 Å². The molecule has 2 aliphatic heterocycles. The van der Waals surface area contributed by atoms with E-state index in [0.717, 1.165) is 27.6 Å². The fraction of sp³-hybridized carbons (Fsp3) is 0.579. The van der Waals surface area contributed by atoms with Crippen molar-refractivity contribution in [3.63, 3.8) is 0 Å². The molecule has 41 heavy (non-hydrogen) atoms. The standard InChI is InChI=1S/C19H26N4O16P2/c1-8-5-23(19(29)21-16(8)27)13-4-9(38-40(30,31)32)11(36-13)7-35-41(33,34)39-15-10(6-24)37-17(14(15)26)22-3-2-12(25)20-18(22)28/h2-3,5,9-11,13-15,17,24,26H,4,6-7H2,1H3,(H,33,34)(H,20,25,28)(H,21,27,29)(H2,30,31,32)/t9-,10+,11+,13+,14+,15+,17+/m0/s1. The van der Waals surface area contributed by atoms with E-state index < -0.39 is 94.3 Å². The molecule has 4 rings (SSSR count). The second-order valence-electron chi connectivity index (χ2n) is 9.07. The van der Waals surface area contributed by atoms with Crippen molar-refractivity contribution in [1.29, 1.82) is 0 Å². The van der Waals surface area contributed by atoms with Crippen molar-refractivity contribution in [3.05, 3.63) is 65.7 Å². The summed E-state index contributed by atoms with van der Waals surface area (Å²) in [7, 11) is -10.3. The number of aliphatic hydroxyl groups excluding tert-OH is 2. The highest BCUT2D eigenvalue weighted by Gasteiger charge is 2.49. The van der Waals surface area contributed by atoms with Gasteiger partial charge in [-0.25, -0.2) is 18.7 Å². The minimum absolute atomic E-state index is 0.117. The van der Waals surface area contributed by atoms with E-state index in [1.807, 2.05) is 9.97 Å². The van der Waals surface area contributed by atoms with Crippen molar-refractivity contribution < 1.29 is 57.1 Å². The lowest BCUT2D eigenvalue weighted by molar-refractivity contribution is -0.0580. The molecule has 2 saturated heterocycles. The summed E-state index contributed by atoms with van der Waals surface area (Å²) in [6.07, 6.45) is -8.92. The molecule has 1 unspecified atom stereocenters. The lowest BCUT2D eigenvalue weighted by Gasteiger charge is -2.24. The van der Waals surface area contributed by atoms with Crippen LogP contribution in [0.1, 0.15) is 24.4 Å². The Labute approximate surface area is 227 Å². The molecule has 0 aromatic carbocycles. The smallest absolute Gasteiger partial charge is 0.394 e. The third kappa shape index (κ3) is 7.26. The van der Waals surface area contributed by atoms with E-state index in [1.165, 1.54) is 6.92 Å². The molecule has 2 aromatic rings. The summed E-state index contributed by atoms with van der Waals surface area (Å²) in [5.74, 6) is 0. The monoisotopic (exact) mass is 628 g/mol. The van der Waals surface area contributed by atoms with Crippen LogP contribution in [0.25, 0.3) is 0 Å². The van der Waals surface area contributed by atoms with Crippen LogP contribution in [0.3, 0.4) is 0 Å². The summed E-state index contributed by atoms with van der Waals surface area (Å²) in [6, 6.07) is 0.952. The lowest BCUT2D eigenvalue weighted by atomic mass is 10.1. The summed E-state index contributed by atoms with van der Waals surface area (Å²) in [4.78, 5) is 80.2.